The molecule has 0 fully saturated rings. The standard InChI is InChI=1S/C12H8N4O4/c13-5-9-7-15(12(18)14-11(9)17)6-8-3-1-2-4-10(8)16(19)20/h1-4,7H,6H2,(H,14,17,18). The Kier molecular flexibility index (Phi) is 3.43. The normalized spacial score (nSPS) is 9.95. The number of para-hydroxylation sites is 1. The van der Waals surface area contributed by atoms with Gasteiger partial charge in [-0.3, -0.25) is 24.5 Å². The Hall–Kier alpha value is -3.21. The summed E-state index contributed by atoms with van der Waals surface area (Å²) < 4.78 is 1.04. The number of benzene rings is 1. The van der Waals surface area contributed by atoms with Crippen molar-refractivity contribution >= 4 is 5.69 Å². The van der Waals surface area contributed by atoms with Gasteiger partial charge in [-0.2, -0.15) is 5.26 Å². The van der Waals surface area contributed by atoms with Crippen molar-refractivity contribution in [3.8, 4) is 6.07 Å². The van der Waals surface area contributed by atoms with Crippen LogP contribution in [0.4, 0.5) is 5.69 Å². The zero-order valence-corrected chi connectivity index (χ0v) is 10.1. The fourth-order valence-electron chi connectivity index (χ4n) is 1.71. The lowest BCUT2D eigenvalue weighted by Gasteiger charge is -2.06. The Morgan fingerprint density at radius 3 is 2.70 bits per heavy atom. The number of rotatable bonds is 3. The van der Waals surface area contributed by atoms with E-state index in [1.807, 2.05) is 4.98 Å². The van der Waals surface area contributed by atoms with Crippen LogP contribution < -0.4 is 11.2 Å². The Morgan fingerprint density at radius 1 is 1.35 bits per heavy atom. The van der Waals surface area contributed by atoms with Crippen molar-refractivity contribution < 1.29 is 4.92 Å². The summed E-state index contributed by atoms with van der Waals surface area (Å²) in [4.78, 5) is 35.2. The highest BCUT2D eigenvalue weighted by Gasteiger charge is 2.14. The number of nitriles is 1. The zero-order chi connectivity index (χ0) is 14.7. The van der Waals surface area contributed by atoms with Crippen molar-refractivity contribution in [2.75, 3.05) is 0 Å². The average Bonchev–Trinajstić information content (AvgIpc) is 2.42. The number of H-pyrrole nitrogens is 1. The first-order valence-electron chi connectivity index (χ1n) is 5.49. The number of aromatic amines is 1. The maximum Gasteiger partial charge on any atom is 0.328 e. The average molecular weight is 272 g/mol. The molecule has 1 aromatic heterocycles. The molecule has 0 saturated heterocycles. The molecular formula is C12H8N4O4. The van der Waals surface area contributed by atoms with E-state index in [1.54, 1.807) is 12.1 Å². The van der Waals surface area contributed by atoms with Gasteiger partial charge in [0.15, 0.2) is 0 Å². The highest BCUT2D eigenvalue weighted by atomic mass is 16.6. The molecule has 0 unspecified atom stereocenters. The summed E-state index contributed by atoms with van der Waals surface area (Å²) in [6.45, 7) is -0.110. The van der Waals surface area contributed by atoms with Crippen LogP contribution in [0.15, 0.2) is 40.1 Å². The van der Waals surface area contributed by atoms with E-state index in [-0.39, 0.29) is 17.8 Å². The second-order valence-corrected chi connectivity index (χ2v) is 3.93. The monoisotopic (exact) mass is 272 g/mol. The first-order valence-corrected chi connectivity index (χ1v) is 5.49. The van der Waals surface area contributed by atoms with Gasteiger partial charge in [-0.05, 0) is 0 Å². The van der Waals surface area contributed by atoms with E-state index >= 15 is 0 Å². The van der Waals surface area contributed by atoms with Gasteiger partial charge in [-0.1, -0.05) is 18.2 Å². The molecule has 1 aromatic carbocycles. The van der Waals surface area contributed by atoms with E-state index in [4.69, 9.17) is 5.26 Å². The maximum atomic E-state index is 11.6. The van der Waals surface area contributed by atoms with Gasteiger partial charge in [0, 0.05) is 17.8 Å². The van der Waals surface area contributed by atoms with Gasteiger partial charge in [0.05, 0.1) is 11.5 Å². The summed E-state index contributed by atoms with van der Waals surface area (Å²) in [7, 11) is 0. The van der Waals surface area contributed by atoms with E-state index in [9.17, 15) is 19.7 Å². The lowest BCUT2D eigenvalue weighted by molar-refractivity contribution is -0.385. The molecule has 0 amide bonds. The number of nitro benzene ring substituents is 1. The number of nitrogens with one attached hydrogen (secondary N) is 1. The number of aromatic nitrogens is 2. The molecule has 2 rings (SSSR count). The summed E-state index contributed by atoms with van der Waals surface area (Å²) in [6, 6.07) is 7.58. The fourth-order valence-corrected chi connectivity index (χ4v) is 1.71. The summed E-state index contributed by atoms with van der Waals surface area (Å²) >= 11 is 0. The minimum Gasteiger partial charge on any atom is -0.295 e. The summed E-state index contributed by atoms with van der Waals surface area (Å²) in [5, 5.41) is 19.6. The van der Waals surface area contributed by atoms with Gasteiger partial charge < -0.3 is 0 Å². The molecule has 8 nitrogen and oxygen atoms in total. The molecule has 0 aliphatic heterocycles. The van der Waals surface area contributed by atoms with E-state index in [2.05, 4.69) is 0 Å². The van der Waals surface area contributed by atoms with Gasteiger partial charge in [0.2, 0.25) is 0 Å². The number of hydrogen-bond acceptors (Lipinski definition) is 5. The summed E-state index contributed by atoms with van der Waals surface area (Å²) in [6.07, 6.45) is 1.08. The molecule has 1 heterocycles. The molecular weight excluding hydrogens is 264 g/mol. The van der Waals surface area contributed by atoms with Gasteiger partial charge in [0.25, 0.3) is 11.2 Å². The minimum absolute atomic E-state index is 0.110. The summed E-state index contributed by atoms with van der Waals surface area (Å²) in [5.41, 5.74) is -1.58. The van der Waals surface area contributed by atoms with Gasteiger partial charge in [0.1, 0.15) is 11.6 Å². The van der Waals surface area contributed by atoms with Crippen LogP contribution in [0.5, 0.6) is 0 Å². The lowest BCUT2D eigenvalue weighted by atomic mass is 10.2. The van der Waals surface area contributed by atoms with Crippen molar-refractivity contribution in [2.24, 2.45) is 0 Å². The second-order valence-electron chi connectivity index (χ2n) is 3.93. The molecule has 0 radical (unpaired) electrons. The minimum atomic E-state index is -0.781. The van der Waals surface area contributed by atoms with Crippen LogP contribution in [-0.2, 0) is 6.54 Å². The van der Waals surface area contributed by atoms with Crippen LogP contribution in [-0.4, -0.2) is 14.5 Å². The van der Waals surface area contributed by atoms with Crippen LogP contribution in [0.25, 0.3) is 0 Å². The molecule has 0 aliphatic carbocycles. The van der Waals surface area contributed by atoms with Gasteiger partial charge >= 0.3 is 5.69 Å². The Labute approximate surface area is 111 Å². The van der Waals surface area contributed by atoms with E-state index < -0.39 is 16.2 Å². The number of nitrogens with zero attached hydrogens (tertiary/aromatic N) is 3. The predicted molar refractivity (Wildman–Crippen MR) is 68.2 cm³/mol. The van der Waals surface area contributed by atoms with Crippen molar-refractivity contribution in [3.05, 3.63) is 72.5 Å². The SMILES string of the molecule is N#Cc1cn(Cc2ccccc2[N+](=O)[O-])c(=O)[nH]c1=O. The van der Waals surface area contributed by atoms with E-state index in [1.165, 1.54) is 18.2 Å². The molecule has 0 saturated carbocycles. The maximum absolute atomic E-state index is 11.6. The van der Waals surface area contributed by atoms with E-state index in [0.717, 1.165) is 10.8 Å². The quantitative estimate of drug-likeness (QED) is 0.638. The highest BCUT2D eigenvalue weighted by Crippen LogP contribution is 2.17. The van der Waals surface area contributed by atoms with Crippen LogP contribution in [0, 0.1) is 21.4 Å². The molecule has 0 atom stereocenters. The highest BCUT2D eigenvalue weighted by molar-refractivity contribution is 5.40. The van der Waals surface area contributed by atoms with Crippen molar-refractivity contribution in [1.82, 2.24) is 9.55 Å². The Balaban J connectivity index is 2.51. The first-order chi connectivity index (χ1) is 9.52. The van der Waals surface area contributed by atoms with Crippen molar-refractivity contribution in [3.63, 3.8) is 0 Å². The first kappa shape index (κ1) is 13.2. The van der Waals surface area contributed by atoms with Crippen LogP contribution in [0.3, 0.4) is 0 Å². The largest absolute Gasteiger partial charge is 0.328 e. The third-order valence-electron chi connectivity index (χ3n) is 2.66. The molecule has 20 heavy (non-hydrogen) atoms. The molecule has 0 spiro atoms. The van der Waals surface area contributed by atoms with Crippen LogP contribution >= 0.6 is 0 Å². The van der Waals surface area contributed by atoms with Crippen molar-refractivity contribution in [2.45, 2.75) is 6.54 Å². The molecule has 1 N–H and O–H groups in total. The Morgan fingerprint density at radius 2 is 2.05 bits per heavy atom. The molecule has 8 heteroatoms. The number of hydrogen-bond donors (Lipinski definition) is 1. The smallest absolute Gasteiger partial charge is 0.295 e. The van der Waals surface area contributed by atoms with E-state index in [0.29, 0.717) is 5.56 Å². The van der Waals surface area contributed by atoms with Crippen LogP contribution in [0.2, 0.25) is 0 Å². The topological polar surface area (TPSA) is 122 Å². The van der Waals surface area contributed by atoms with Crippen molar-refractivity contribution in [1.29, 1.82) is 5.26 Å². The van der Waals surface area contributed by atoms with Gasteiger partial charge in [-0.15, -0.1) is 0 Å². The summed E-state index contributed by atoms with van der Waals surface area (Å²) in [5.74, 6) is 0. The third kappa shape index (κ3) is 2.46. The third-order valence-corrected chi connectivity index (χ3v) is 2.66. The number of nitro groups is 1. The second kappa shape index (κ2) is 5.19. The molecule has 0 bridgehead atoms. The lowest BCUT2D eigenvalue weighted by Crippen LogP contribution is -2.31. The predicted octanol–water partition coefficient (Wildman–Crippen LogP) is 0.365. The molecule has 100 valence electrons. The zero-order valence-electron chi connectivity index (χ0n) is 10.1. The Bertz CT molecular complexity index is 828. The van der Waals surface area contributed by atoms with Gasteiger partial charge in [-0.25, -0.2) is 4.79 Å². The van der Waals surface area contributed by atoms with Crippen LogP contribution in [0.1, 0.15) is 11.1 Å². The molecule has 2 aromatic rings. The molecule has 0 aliphatic rings. The fraction of sp³-hybridized carbons (Fsp3) is 0.0833.